The first-order chi connectivity index (χ1) is 11.1. The van der Waals surface area contributed by atoms with Gasteiger partial charge in [0.25, 0.3) is 9.70 Å². The van der Waals surface area contributed by atoms with Crippen molar-refractivity contribution in [3.8, 4) is 0 Å². The van der Waals surface area contributed by atoms with Crippen molar-refractivity contribution < 1.29 is 13.2 Å². The summed E-state index contributed by atoms with van der Waals surface area (Å²) in [5, 5.41) is 8.48. The number of para-hydroxylation sites is 1. The molecule has 0 aliphatic carbocycles. The van der Waals surface area contributed by atoms with Gasteiger partial charge in [-0.25, -0.2) is 8.42 Å². The molecule has 1 aliphatic rings. The van der Waals surface area contributed by atoms with Gasteiger partial charge in [0.1, 0.15) is 0 Å². The van der Waals surface area contributed by atoms with Crippen LogP contribution in [-0.2, 0) is 14.6 Å². The molecule has 0 radical (unpaired) electrons. The summed E-state index contributed by atoms with van der Waals surface area (Å²) in [6.45, 7) is 0. The lowest BCUT2D eigenvalue weighted by Crippen LogP contribution is -2.53. The van der Waals surface area contributed by atoms with Crippen molar-refractivity contribution in [2.45, 2.75) is 15.9 Å². The van der Waals surface area contributed by atoms with Crippen molar-refractivity contribution in [1.82, 2.24) is 10.6 Å². The topological polar surface area (TPSA) is 87.3 Å². The van der Waals surface area contributed by atoms with Gasteiger partial charge in [0.2, 0.25) is 0 Å². The molecule has 24 heavy (non-hydrogen) atoms. The lowest BCUT2D eigenvalue weighted by molar-refractivity contribution is -0.120. The molecular weight excluding hydrogens is 417 g/mol. The summed E-state index contributed by atoms with van der Waals surface area (Å²) in [7, 11) is -3.35. The van der Waals surface area contributed by atoms with Gasteiger partial charge in [-0.3, -0.25) is 4.79 Å². The summed E-state index contributed by atoms with van der Waals surface area (Å²) >= 11 is 21.7. The third-order valence-electron chi connectivity index (χ3n) is 3.27. The molecule has 0 saturated carbocycles. The Bertz CT molecular complexity index is 723. The number of thiocarbonyl (C=S) groups is 1. The molecular formula is C13H14Cl3N3O3S2. The van der Waals surface area contributed by atoms with Crippen LogP contribution in [0.5, 0.6) is 0 Å². The minimum Gasteiger partial charge on any atom is -0.357 e. The Balaban J connectivity index is 2.03. The number of anilines is 1. The van der Waals surface area contributed by atoms with Crippen molar-refractivity contribution in [1.29, 1.82) is 0 Å². The molecule has 0 aromatic heterocycles. The van der Waals surface area contributed by atoms with Crippen molar-refractivity contribution in [3.05, 3.63) is 30.3 Å². The lowest BCUT2D eigenvalue weighted by Gasteiger charge is -2.23. The molecule has 1 fully saturated rings. The monoisotopic (exact) mass is 429 g/mol. The Kier molecular flexibility index (Phi) is 6.19. The molecule has 1 amide bonds. The number of amides is 1. The fourth-order valence-electron chi connectivity index (χ4n) is 2.24. The number of carbonyl (C=O) groups is 1. The maximum Gasteiger partial charge on any atom is 0.272 e. The second kappa shape index (κ2) is 7.61. The largest absolute Gasteiger partial charge is 0.357 e. The van der Waals surface area contributed by atoms with Crippen molar-refractivity contribution in [3.63, 3.8) is 0 Å². The van der Waals surface area contributed by atoms with Crippen molar-refractivity contribution in [2.24, 2.45) is 0 Å². The normalized spacial score (nSPS) is 22.6. The van der Waals surface area contributed by atoms with E-state index in [1.807, 2.05) is 30.3 Å². The van der Waals surface area contributed by atoms with Gasteiger partial charge >= 0.3 is 0 Å². The van der Waals surface area contributed by atoms with Gasteiger partial charge in [0.05, 0.1) is 23.6 Å². The molecule has 1 heterocycles. The SMILES string of the molecule is O=C(N[C@@H]1CS(=O)(=O)C[C@H]1NC(=S)Nc1ccccc1)C(Cl)(Cl)Cl. The molecule has 2 rings (SSSR count). The summed E-state index contributed by atoms with van der Waals surface area (Å²) < 4.78 is 21.6. The van der Waals surface area contributed by atoms with E-state index < -0.39 is 31.6 Å². The van der Waals surface area contributed by atoms with E-state index in [0.717, 1.165) is 5.69 Å². The zero-order chi connectivity index (χ0) is 18.0. The van der Waals surface area contributed by atoms with Crippen LogP contribution in [0.2, 0.25) is 0 Å². The summed E-state index contributed by atoms with van der Waals surface area (Å²) in [6.07, 6.45) is 0. The Labute approximate surface area is 160 Å². The fourth-order valence-corrected chi connectivity index (χ4v) is 4.53. The molecule has 1 aromatic carbocycles. The number of hydrogen-bond donors (Lipinski definition) is 3. The number of sulfone groups is 1. The van der Waals surface area contributed by atoms with Crippen LogP contribution in [0.4, 0.5) is 5.69 Å². The smallest absolute Gasteiger partial charge is 0.272 e. The van der Waals surface area contributed by atoms with E-state index in [0.29, 0.717) is 0 Å². The third-order valence-corrected chi connectivity index (χ3v) is 5.74. The molecule has 1 saturated heterocycles. The summed E-state index contributed by atoms with van der Waals surface area (Å²) in [5.41, 5.74) is 0.748. The minimum absolute atomic E-state index is 0.186. The van der Waals surface area contributed by atoms with Crippen LogP contribution in [0.3, 0.4) is 0 Å². The maximum atomic E-state index is 11.9. The highest BCUT2D eigenvalue weighted by molar-refractivity contribution is 7.91. The van der Waals surface area contributed by atoms with Crippen LogP contribution in [0.25, 0.3) is 0 Å². The molecule has 0 unspecified atom stereocenters. The predicted octanol–water partition coefficient (Wildman–Crippen LogP) is 1.63. The molecule has 3 N–H and O–H groups in total. The molecule has 1 aliphatic heterocycles. The van der Waals surface area contributed by atoms with Crippen LogP contribution < -0.4 is 16.0 Å². The Morgan fingerprint density at radius 3 is 2.17 bits per heavy atom. The van der Waals surface area contributed by atoms with Gasteiger partial charge in [0, 0.05) is 5.69 Å². The first kappa shape index (κ1) is 19.5. The van der Waals surface area contributed by atoms with Gasteiger partial charge in [0.15, 0.2) is 14.9 Å². The van der Waals surface area contributed by atoms with E-state index in [2.05, 4.69) is 16.0 Å². The van der Waals surface area contributed by atoms with E-state index >= 15 is 0 Å². The van der Waals surface area contributed by atoms with Crippen LogP contribution in [0.15, 0.2) is 30.3 Å². The molecule has 6 nitrogen and oxygen atoms in total. The molecule has 1 aromatic rings. The zero-order valence-electron chi connectivity index (χ0n) is 12.1. The molecule has 0 spiro atoms. The third kappa shape index (κ3) is 5.63. The van der Waals surface area contributed by atoms with Crippen molar-refractivity contribution >= 4 is 73.6 Å². The summed E-state index contributed by atoms with van der Waals surface area (Å²) in [4.78, 5) is 11.8. The quantitative estimate of drug-likeness (QED) is 0.499. The van der Waals surface area contributed by atoms with Gasteiger partial charge in [-0.15, -0.1) is 0 Å². The summed E-state index contributed by atoms with van der Waals surface area (Å²) in [5.74, 6) is -1.33. The van der Waals surface area contributed by atoms with Crippen LogP contribution in [0, 0.1) is 0 Å². The van der Waals surface area contributed by atoms with E-state index in [4.69, 9.17) is 47.0 Å². The van der Waals surface area contributed by atoms with Gasteiger partial charge < -0.3 is 16.0 Å². The average Bonchev–Trinajstić information content (AvgIpc) is 2.72. The Morgan fingerprint density at radius 1 is 1.08 bits per heavy atom. The standard InChI is InChI=1S/C13H14Cl3N3O3S2/c14-13(15,16)11(20)18-9-6-24(21,22)7-10(9)19-12(23)17-8-4-2-1-3-5-8/h1-5,9-10H,6-7H2,(H,18,20)(H2,17,19,23)/t9-,10-/m1/s1. The first-order valence-corrected chi connectivity index (χ1v) is 10.1. The second-order valence-electron chi connectivity index (χ2n) is 5.23. The number of alkyl halides is 3. The van der Waals surface area contributed by atoms with Gasteiger partial charge in [-0.1, -0.05) is 53.0 Å². The molecule has 11 heteroatoms. The number of hydrogen-bond acceptors (Lipinski definition) is 4. The summed E-state index contributed by atoms with van der Waals surface area (Å²) in [6, 6.07) is 7.74. The van der Waals surface area contributed by atoms with Crippen molar-refractivity contribution in [2.75, 3.05) is 16.8 Å². The zero-order valence-corrected chi connectivity index (χ0v) is 16.0. The number of halogens is 3. The highest BCUT2D eigenvalue weighted by Gasteiger charge is 2.42. The van der Waals surface area contributed by atoms with E-state index in [-0.39, 0.29) is 16.6 Å². The average molecular weight is 431 g/mol. The van der Waals surface area contributed by atoms with Crippen LogP contribution >= 0.6 is 47.0 Å². The Hall–Kier alpha value is -0.800. The Morgan fingerprint density at radius 2 is 1.62 bits per heavy atom. The number of rotatable bonds is 3. The minimum atomic E-state index is -3.35. The highest BCUT2D eigenvalue weighted by atomic mass is 35.6. The highest BCUT2D eigenvalue weighted by Crippen LogP contribution is 2.27. The number of carbonyl (C=O) groups excluding carboxylic acids is 1. The van der Waals surface area contributed by atoms with Gasteiger partial charge in [-0.05, 0) is 24.4 Å². The molecule has 132 valence electrons. The fraction of sp³-hybridized carbons (Fsp3) is 0.385. The molecule has 2 atom stereocenters. The van der Waals surface area contributed by atoms with E-state index in [1.54, 1.807) is 0 Å². The van der Waals surface area contributed by atoms with E-state index in [9.17, 15) is 13.2 Å². The predicted molar refractivity (Wildman–Crippen MR) is 100 cm³/mol. The second-order valence-corrected chi connectivity index (χ2v) is 10.1. The lowest BCUT2D eigenvalue weighted by atomic mass is 10.2. The molecule has 0 bridgehead atoms. The first-order valence-electron chi connectivity index (χ1n) is 6.77. The van der Waals surface area contributed by atoms with E-state index in [1.165, 1.54) is 0 Å². The number of nitrogens with one attached hydrogen (secondary N) is 3. The van der Waals surface area contributed by atoms with Gasteiger partial charge in [-0.2, -0.15) is 0 Å². The maximum absolute atomic E-state index is 11.9. The van der Waals surface area contributed by atoms with Crippen LogP contribution in [-0.4, -0.2) is 46.8 Å². The van der Waals surface area contributed by atoms with Crippen LogP contribution in [0.1, 0.15) is 0 Å². The number of benzene rings is 1.